The van der Waals surface area contributed by atoms with Gasteiger partial charge in [0.25, 0.3) is 5.82 Å². The zero-order chi connectivity index (χ0) is 36.4. The predicted molar refractivity (Wildman–Crippen MR) is 182 cm³/mol. The van der Waals surface area contributed by atoms with Gasteiger partial charge in [0.1, 0.15) is 5.41 Å². The Kier molecular flexibility index (Phi) is 10.8. The molecular formula is C37H16N16Pt2. The van der Waals surface area contributed by atoms with Gasteiger partial charge >= 0.3 is 47.9 Å². The molecule has 0 unspecified atom stereocenters. The maximum Gasteiger partial charge on any atom is 2.00 e. The Balaban J connectivity index is 0.00000257. The Hall–Kier alpha value is -7.22. The van der Waals surface area contributed by atoms with E-state index in [9.17, 15) is 10.5 Å². The van der Waals surface area contributed by atoms with Crippen LogP contribution in [-0.2, 0) is 47.5 Å². The molecule has 0 saturated carbocycles. The van der Waals surface area contributed by atoms with Crippen molar-refractivity contribution in [1.82, 2.24) is 59.1 Å². The number of nitriles is 2. The average molecular weight is 1070 g/mol. The summed E-state index contributed by atoms with van der Waals surface area (Å²) in [5.41, 5.74) is 0.303. The van der Waals surface area contributed by atoms with Crippen LogP contribution in [0.5, 0.6) is 0 Å². The Morgan fingerprint density at radius 2 is 0.800 bits per heavy atom. The summed E-state index contributed by atoms with van der Waals surface area (Å²) < 4.78 is 5.46. The summed E-state index contributed by atoms with van der Waals surface area (Å²) in [7, 11) is 0. The molecule has 0 atom stereocenters. The van der Waals surface area contributed by atoms with Gasteiger partial charge in [0.05, 0.1) is 69.6 Å². The second-order valence-electron chi connectivity index (χ2n) is 10.9. The minimum absolute atomic E-state index is 0. The predicted octanol–water partition coefficient (Wildman–Crippen LogP) is 4.43. The van der Waals surface area contributed by atoms with Crippen molar-refractivity contribution in [2.24, 2.45) is 0 Å². The molecule has 0 aromatic carbocycles. The Morgan fingerprint density at radius 3 is 1.07 bits per heavy atom. The molecule has 264 valence electrons. The third-order valence-corrected chi connectivity index (χ3v) is 7.90. The molecule has 8 rings (SSSR count). The fraction of sp³-hybridized carbons (Fsp3) is 0.0270. The van der Waals surface area contributed by atoms with Crippen LogP contribution in [0.2, 0.25) is 0 Å². The van der Waals surface area contributed by atoms with Crippen molar-refractivity contribution in [2.45, 2.75) is 5.41 Å². The van der Waals surface area contributed by atoms with E-state index in [0.29, 0.717) is 46.0 Å². The molecular weight excluding hydrogens is 1060 g/mol. The minimum atomic E-state index is -1.54. The second-order valence-corrected chi connectivity index (χ2v) is 10.9. The zero-order valence-corrected chi connectivity index (χ0v) is 32.1. The van der Waals surface area contributed by atoms with Gasteiger partial charge in [0.2, 0.25) is 0 Å². The molecule has 0 fully saturated rings. The van der Waals surface area contributed by atoms with Crippen LogP contribution >= 0.6 is 0 Å². The molecule has 55 heavy (non-hydrogen) atoms. The van der Waals surface area contributed by atoms with E-state index in [2.05, 4.69) is 54.9 Å². The molecule has 0 N–H and O–H groups in total. The van der Waals surface area contributed by atoms with Crippen LogP contribution in [0, 0.1) is 60.6 Å². The summed E-state index contributed by atoms with van der Waals surface area (Å²) in [6.45, 7) is 14.8. The molecule has 0 bridgehead atoms. The van der Waals surface area contributed by atoms with E-state index in [1.54, 1.807) is 72.8 Å². The zero-order valence-electron chi connectivity index (χ0n) is 27.5. The largest absolute Gasteiger partial charge is 2.00 e. The number of pyridine rings is 4. The van der Waals surface area contributed by atoms with Crippen LogP contribution < -0.4 is 0 Å². The quantitative estimate of drug-likeness (QED) is 0.198. The molecule has 16 nitrogen and oxygen atoms in total. The van der Waals surface area contributed by atoms with Crippen LogP contribution in [-0.4, -0.2) is 59.1 Å². The molecule has 0 aliphatic heterocycles. The fourth-order valence-electron chi connectivity index (χ4n) is 5.61. The summed E-state index contributed by atoms with van der Waals surface area (Å²) >= 11 is 0. The second kappa shape index (κ2) is 15.8. The normalized spacial score (nSPS) is 10.5. The smallest absolute Gasteiger partial charge is 0.360 e. The first-order valence-corrected chi connectivity index (χ1v) is 15.4. The van der Waals surface area contributed by atoms with Crippen molar-refractivity contribution in [1.29, 1.82) is 10.5 Å². The van der Waals surface area contributed by atoms with Gasteiger partial charge in [-0.15, -0.1) is 12.1 Å². The summed E-state index contributed by atoms with van der Waals surface area (Å²) in [5, 5.41) is 36.2. The molecule has 0 amide bonds. The fourth-order valence-corrected chi connectivity index (χ4v) is 5.61. The standard InChI is InChI=1S/C37H16N16.2Pt/c1-40-31-17-21-52(48-31)35-13-5-9-29(44-35)37(27-7-3-11-33(42-27)50-19-15-25(23-38)46-50,28-8-4-12-34(43-28)51-20-16-26(24-39)47-51)30-10-6-14-36(45-30)53-22-18-32(41-2)49-53;;/h3-18H;;/q-4;2*+2. The first-order valence-electron chi connectivity index (χ1n) is 15.4. The van der Waals surface area contributed by atoms with Gasteiger partial charge in [-0.25, -0.2) is 25.4 Å². The Morgan fingerprint density at radius 1 is 0.491 bits per heavy atom. The average Bonchev–Trinajstić information content (AvgIpc) is 4.06. The number of hydrogen-bond donors (Lipinski definition) is 0. The van der Waals surface area contributed by atoms with Gasteiger partial charge < -0.3 is 19.1 Å². The van der Waals surface area contributed by atoms with Crippen LogP contribution in [0.15, 0.2) is 97.1 Å². The van der Waals surface area contributed by atoms with E-state index in [1.807, 2.05) is 12.1 Å². The van der Waals surface area contributed by atoms with E-state index in [4.69, 9.17) is 33.1 Å². The Labute approximate surface area is 341 Å². The topological polar surface area (TPSA) is 179 Å². The number of aromatic nitrogens is 12. The van der Waals surface area contributed by atoms with Gasteiger partial charge in [-0.05, 0) is 52.9 Å². The van der Waals surface area contributed by atoms with Crippen molar-refractivity contribution in [2.75, 3.05) is 0 Å². The van der Waals surface area contributed by atoms with Crippen molar-refractivity contribution >= 4 is 11.6 Å². The molecule has 8 aromatic heterocycles. The van der Waals surface area contributed by atoms with Gasteiger partial charge in [0, 0.05) is 0 Å². The molecule has 0 saturated heterocycles. The van der Waals surface area contributed by atoms with Crippen molar-refractivity contribution in [3.8, 4) is 35.4 Å². The van der Waals surface area contributed by atoms with E-state index in [-0.39, 0.29) is 65.2 Å². The van der Waals surface area contributed by atoms with Crippen LogP contribution in [0.1, 0.15) is 34.2 Å². The summed E-state index contributed by atoms with van der Waals surface area (Å²) in [6.07, 6.45) is 11.8. The first kappa shape index (κ1) is 37.5. The first-order chi connectivity index (χ1) is 26.0. The van der Waals surface area contributed by atoms with Crippen molar-refractivity contribution in [3.05, 3.63) is 179 Å². The number of nitrogens with zero attached hydrogens (tertiary/aromatic N) is 16. The van der Waals surface area contributed by atoms with Crippen LogP contribution in [0.25, 0.3) is 33.0 Å². The van der Waals surface area contributed by atoms with Crippen molar-refractivity contribution < 1.29 is 42.1 Å². The minimum Gasteiger partial charge on any atom is -0.360 e. The van der Waals surface area contributed by atoms with E-state index >= 15 is 0 Å². The van der Waals surface area contributed by atoms with Crippen LogP contribution in [0.3, 0.4) is 0 Å². The molecule has 18 heteroatoms. The van der Waals surface area contributed by atoms with Crippen molar-refractivity contribution in [3.63, 3.8) is 0 Å². The molecule has 0 aliphatic rings. The van der Waals surface area contributed by atoms with Gasteiger partial charge in [-0.2, -0.15) is 0 Å². The summed E-state index contributed by atoms with van der Waals surface area (Å²) in [5.74, 6) is 1.61. The van der Waals surface area contributed by atoms with Gasteiger partial charge in [0.15, 0.2) is 0 Å². The molecule has 0 radical (unpaired) electrons. The molecule has 0 aliphatic carbocycles. The van der Waals surface area contributed by atoms with Crippen LogP contribution in [0.4, 0.5) is 11.6 Å². The van der Waals surface area contributed by atoms with E-state index in [1.165, 1.54) is 43.0 Å². The SMILES string of the molecule is [C-]#[N+]c1c[c-]n(-c2cccc(C(c3cccc(-n4[c-]cc(C#N)n4)n3)(c3cccc(-n4[c-]cc(C#N)n4)n3)c3cccc(-n4[c-]cc([N+]#[C-])n4)n3)n2)n1.[Pt+2].[Pt+2]. The van der Waals surface area contributed by atoms with Gasteiger partial charge in [-0.1, -0.05) is 80.1 Å². The van der Waals surface area contributed by atoms with E-state index in [0.717, 1.165) is 0 Å². The molecule has 0 spiro atoms. The maximum absolute atomic E-state index is 9.47. The summed E-state index contributed by atoms with van der Waals surface area (Å²) in [4.78, 5) is 27.1. The number of hydrogen-bond acceptors (Lipinski definition) is 10. The monoisotopic (exact) mass is 1070 g/mol. The van der Waals surface area contributed by atoms with E-state index < -0.39 is 5.41 Å². The molecule has 8 aromatic rings. The third-order valence-electron chi connectivity index (χ3n) is 7.90. The maximum atomic E-state index is 9.47. The number of rotatable bonds is 8. The molecule has 8 heterocycles. The van der Waals surface area contributed by atoms with Gasteiger partial charge in [-0.3, -0.25) is 24.6 Å². The third kappa shape index (κ3) is 6.88. The summed E-state index contributed by atoms with van der Waals surface area (Å²) in [6, 6.07) is 31.0. The Bertz CT molecular complexity index is 2450.